The van der Waals surface area contributed by atoms with E-state index in [9.17, 15) is 9.59 Å². The zero-order valence-corrected chi connectivity index (χ0v) is 14.6. The average molecular weight is 332 g/mol. The molecular formula is C19H28N2O3. The molecule has 5 nitrogen and oxygen atoms in total. The molecule has 2 saturated heterocycles. The molecule has 0 aromatic carbocycles. The summed E-state index contributed by atoms with van der Waals surface area (Å²) in [4.78, 5) is 28.4. The summed E-state index contributed by atoms with van der Waals surface area (Å²) in [7, 11) is 0. The molecule has 3 heterocycles. The van der Waals surface area contributed by atoms with Gasteiger partial charge >= 0.3 is 0 Å². The minimum absolute atomic E-state index is 0.0505. The minimum Gasteiger partial charge on any atom is -0.464 e. The van der Waals surface area contributed by atoms with Crippen molar-refractivity contribution in [1.29, 1.82) is 0 Å². The Hall–Kier alpha value is -1.78. The van der Waals surface area contributed by atoms with Crippen molar-refractivity contribution in [2.24, 2.45) is 0 Å². The van der Waals surface area contributed by atoms with Crippen LogP contribution < -0.4 is 0 Å². The van der Waals surface area contributed by atoms with E-state index in [1.165, 1.54) is 0 Å². The maximum Gasteiger partial charge on any atom is 0.224 e. The molecule has 1 atom stereocenters. The Morgan fingerprint density at radius 2 is 2.08 bits per heavy atom. The van der Waals surface area contributed by atoms with Gasteiger partial charge in [-0.15, -0.1) is 0 Å². The molecule has 0 unspecified atom stereocenters. The van der Waals surface area contributed by atoms with Crippen molar-refractivity contribution in [3.05, 3.63) is 23.7 Å². The van der Waals surface area contributed by atoms with Gasteiger partial charge < -0.3 is 14.2 Å². The van der Waals surface area contributed by atoms with E-state index in [-0.39, 0.29) is 17.9 Å². The van der Waals surface area contributed by atoms with Crippen LogP contribution in [0.5, 0.6) is 0 Å². The molecule has 3 rings (SSSR count). The first kappa shape index (κ1) is 17.1. The van der Waals surface area contributed by atoms with Crippen LogP contribution in [0.2, 0.25) is 0 Å². The second kappa shape index (κ2) is 7.86. The van der Waals surface area contributed by atoms with Gasteiger partial charge in [-0.25, -0.2) is 0 Å². The SMILES string of the molecule is CCc1ccc([C@@H]2CCCCCN2C(=O)CCN2CCCC2=O)o1. The summed E-state index contributed by atoms with van der Waals surface area (Å²) in [6.07, 6.45) is 7.14. The number of rotatable bonds is 5. The molecule has 132 valence electrons. The van der Waals surface area contributed by atoms with Crippen LogP contribution in [-0.2, 0) is 16.0 Å². The van der Waals surface area contributed by atoms with Gasteiger partial charge in [0.05, 0.1) is 6.04 Å². The molecule has 0 bridgehead atoms. The van der Waals surface area contributed by atoms with E-state index in [4.69, 9.17) is 4.42 Å². The highest BCUT2D eigenvalue weighted by Gasteiger charge is 2.29. The van der Waals surface area contributed by atoms with E-state index in [0.29, 0.717) is 19.4 Å². The van der Waals surface area contributed by atoms with Crippen LogP contribution in [0, 0.1) is 0 Å². The lowest BCUT2D eigenvalue weighted by Gasteiger charge is -2.29. The third-order valence-corrected chi connectivity index (χ3v) is 5.20. The van der Waals surface area contributed by atoms with Crippen LogP contribution >= 0.6 is 0 Å². The number of likely N-dealkylation sites (tertiary alicyclic amines) is 2. The summed E-state index contributed by atoms with van der Waals surface area (Å²) in [5.41, 5.74) is 0. The summed E-state index contributed by atoms with van der Waals surface area (Å²) in [5.74, 6) is 2.23. The number of nitrogens with zero attached hydrogens (tertiary/aromatic N) is 2. The van der Waals surface area contributed by atoms with Crippen molar-refractivity contribution >= 4 is 11.8 Å². The van der Waals surface area contributed by atoms with E-state index >= 15 is 0 Å². The van der Waals surface area contributed by atoms with Crippen molar-refractivity contribution in [3.8, 4) is 0 Å². The second-order valence-electron chi connectivity index (χ2n) is 6.84. The second-order valence-corrected chi connectivity index (χ2v) is 6.84. The van der Waals surface area contributed by atoms with Gasteiger partial charge in [0, 0.05) is 38.9 Å². The number of carbonyl (C=O) groups excluding carboxylic acids is 2. The fourth-order valence-electron chi connectivity index (χ4n) is 3.78. The molecule has 2 aliphatic rings. The van der Waals surface area contributed by atoms with Crippen LogP contribution in [0.1, 0.15) is 69.4 Å². The first-order chi connectivity index (χ1) is 11.7. The summed E-state index contributed by atoms with van der Waals surface area (Å²) >= 11 is 0. The van der Waals surface area contributed by atoms with Crippen molar-refractivity contribution in [2.75, 3.05) is 19.6 Å². The van der Waals surface area contributed by atoms with Gasteiger partial charge in [0.15, 0.2) is 0 Å². The van der Waals surface area contributed by atoms with E-state index in [1.807, 2.05) is 21.9 Å². The van der Waals surface area contributed by atoms with Gasteiger partial charge in [0.1, 0.15) is 11.5 Å². The number of aryl methyl sites for hydroxylation is 1. The summed E-state index contributed by atoms with van der Waals surface area (Å²) in [6.45, 7) is 4.22. The molecule has 0 N–H and O–H groups in total. The molecule has 24 heavy (non-hydrogen) atoms. The number of amides is 2. The molecule has 2 amide bonds. The largest absolute Gasteiger partial charge is 0.464 e. The fourth-order valence-corrected chi connectivity index (χ4v) is 3.78. The third kappa shape index (κ3) is 3.82. The van der Waals surface area contributed by atoms with E-state index in [1.54, 1.807) is 0 Å². The molecule has 1 aromatic heterocycles. The van der Waals surface area contributed by atoms with Crippen LogP contribution in [-0.4, -0.2) is 41.2 Å². The quantitative estimate of drug-likeness (QED) is 0.831. The Morgan fingerprint density at radius 1 is 1.21 bits per heavy atom. The zero-order chi connectivity index (χ0) is 16.9. The smallest absolute Gasteiger partial charge is 0.224 e. The lowest BCUT2D eigenvalue weighted by Crippen LogP contribution is -2.37. The molecule has 1 aromatic rings. The van der Waals surface area contributed by atoms with Gasteiger partial charge in [-0.3, -0.25) is 9.59 Å². The number of carbonyl (C=O) groups is 2. The minimum atomic E-state index is 0.0505. The van der Waals surface area contributed by atoms with Gasteiger partial charge in [0.2, 0.25) is 11.8 Å². The predicted octanol–water partition coefficient (Wildman–Crippen LogP) is 3.30. The Bertz CT molecular complexity index is 581. The zero-order valence-electron chi connectivity index (χ0n) is 14.6. The Balaban J connectivity index is 1.67. The molecule has 0 aliphatic carbocycles. The van der Waals surface area contributed by atoms with Crippen molar-refractivity contribution in [3.63, 3.8) is 0 Å². The van der Waals surface area contributed by atoms with Crippen LogP contribution in [0.15, 0.2) is 16.5 Å². The lowest BCUT2D eigenvalue weighted by molar-refractivity contribution is -0.135. The molecule has 2 aliphatic heterocycles. The Kier molecular flexibility index (Phi) is 5.59. The molecule has 2 fully saturated rings. The van der Waals surface area contributed by atoms with Crippen LogP contribution in [0.3, 0.4) is 0 Å². The summed E-state index contributed by atoms with van der Waals surface area (Å²) in [5, 5.41) is 0. The third-order valence-electron chi connectivity index (χ3n) is 5.20. The highest BCUT2D eigenvalue weighted by Crippen LogP contribution is 2.32. The van der Waals surface area contributed by atoms with Gasteiger partial charge in [-0.2, -0.15) is 0 Å². The molecule has 0 spiro atoms. The average Bonchev–Trinajstić information content (AvgIpc) is 3.15. The van der Waals surface area contributed by atoms with Crippen molar-refractivity contribution < 1.29 is 14.0 Å². The van der Waals surface area contributed by atoms with E-state index in [2.05, 4.69) is 6.92 Å². The lowest BCUT2D eigenvalue weighted by atomic mass is 10.1. The van der Waals surface area contributed by atoms with Gasteiger partial charge in [0.25, 0.3) is 0 Å². The van der Waals surface area contributed by atoms with E-state index in [0.717, 1.165) is 63.1 Å². The first-order valence-electron chi connectivity index (χ1n) is 9.35. The molecule has 5 heteroatoms. The monoisotopic (exact) mass is 332 g/mol. The van der Waals surface area contributed by atoms with Crippen molar-refractivity contribution in [1.82, 2.24) is 9.80 Å². The number of furan rings is 1. The standard InChI is InChI=1S/C19H28N2O3/c1-2-15-9-10-17(24-15)16-7-4-3-5-13-21(16)19(23)11-14-20-12-6-8-18(20)22/h9-10,16H,2-8,11-14H2,1H3/t16-/m0/s1. The van der Waals surface area contributed by atoms with Crippen LogP contribution in [0.25, 0.3) is 0 Å². The van der Waals surface area contributed by atoms with Crippen LogP contribution in [0.4, 0.5) is 0 Å². The van der Waals surface area contributed by atoms with Gasteiger partial charge in [-0.05, 0) is 31.4 Å². The topological polar surface area (TPSA) is 53.8 Å². The highest BCUT2D eigenvalue weighted by atomic mass is 16.3. The summed E-state index contributed by atoms with van der Waals surface area (Å²) in [6, 6.07) is 4.10. The Labute approximate surface area is 144 Å². The van der Waals surface area contributed by atoms with Gasteiger partial charge in [-0.1, -0.05) is 19.8 Å². The highest BCUT2D eigenvalue weighted by molar-refractivity contribution is 5.80. The van der Waals surface area contributed by atoms with E-state index < -0.39 is 0 Å². The normalized spacial score (nSPS) is 22.0. The predicted molar refractivity (Wildman–Crippen MR) is 91.4 cm³/mol. The molecular weight excluding hydrogens is 304 g/mol. The number of hydrogen-bond acceptors (Lipinski definition) is 3. The Morgan fingerprint density at radius 3 is 2.79 bits per heavy atom. The number of hydrogen-bond donors (Lipinski definition) is 0. The summed E-state index contributed by atoms with van der Waals surface area (Å²) < 4.78 is 5.94. The maximum atomic E-state index is 12.8. The molecule has 0 saturated carbocycles. The van der Waals surface area contributed by atoms with Crippen molar-refractivity contribution in [2.45, 2.75) is 64.3 Å². The first-order valence-corrected chi connectivity index (χ1v) is 9.35. The molecule has 0 radical (unpaired) electrons. The maximum absolute atomic E-state index is 12.8. The fraction of sp³-hybridized carbons (Fsp3) is 0.684.